The van der Waals surface area contributed by atoms with Crippen LogP contribution in [0, 0.1) is 12.3 Å². The van der Waals surface area contributed by atoms with E-state index in [4.69, 9.17) is 27.5 Å². The van der Waals surface area contributed by atoms with Gasteiger partial charge in [-0.1, -0.05) is 17.5 Å². The van der Waals surface area contributed by atoms with Gasteiger partial charge in [-0.3, -0.25) is 4.79 Å². The number of terminal acetylenes is 1. The van der Waals surface area contributed by atoms with Crippen LogP contribution in [0.3, 0.4) is 0 Å². The number of halogens is 1. The van der Waals surface area contributed by atoms with E-state index in [9.17, 15) is 9.90 Å². The third kappa shape index (κ3) is 4.80. The molecule has 0 aromatic heterocycles. The summed E-state index contributed by atoms with van der Waals surface area (Å²) in [5.41, 5.74) is 2.10. The molecule has 0 saturated heterocycles. The van der Waals surface area contributed by atoms with E-state index in [1.807, 2.05) is 0 Å². The van der Waals surface area contributed by atoms with Crippen molar-refractivity contribution in [1.29, 1.82) is 0 Å². The number of aliphatic hydroxyl groups is 1. The highest BCUT2D eigenvalue weighted by Crippen LogP contribution is 2.18. The quantitative estimate of drug-likeness (QED) is 0.470. The molecule has 0 fully saturated rings. The Bertz CT molecular complexity index is 755. The molecule has 0 atom stereocenters. The first-order valence-corrected chi connectivity index (χ1v) is 7.50. The van der Waals surface area contributed by atoms with Crippen molar-refractivity contribution in [2.45, 2.75) is 0 Å². The number of carbonyl (C=O) groups excluding carboxylic acids is 1. The first-order chi connectivity index (χ1) is 11.6. The molecule has 2 aromatic carbocycles. The average Bonchev–Trinajstić information content (AvgIpc) is 2.64. The van der Waals surface area contributed by atoms with Crippen LogP contribution in [0.25, 0.3) is 0 Å². The molecule has 0 unspecified atom stereocenters. The molecule has 0 aliphatic carbocycles. The van der Waals surface area contributed by atoms with Crippen LogP contribution >= 0.6 is 11.6 Å². The first kappa shape index (κ1) is 17.5. The van der Waals surface area contributed by atoms with Crippen LogP contribution in [0.1, 0.15) is 15.9 Å². The Hall–Kier alpha value is -2.90. The van der Waals surface area contributed by atoms with Crippen molar-refractivity contribution in [3.8, 4) is 23.8 Å². The van der Waals surface area contributed by atoms with Crippen LogP contribution in [-0.2, 0) is 0 Å². The Morgan fingerprint density at radius 1 is 1.04 bits per heavy atom. The largest absolute Gasteiger partial charge is 0.508 e. The van der Waals surface area contributed by atoms with Crippen molar-refractivity contribution in [2.24, 2.45) is 0 Å². The van der Waals surface area contributed by atoms with Gasteiger partial charge in [0.15, 0.2) is 5.78 Å². The second-order valence-corrected chi connectivity index (χ2v) is 4.98. The fraction of sp³-hybridized carbons (Fsp3) is 0.105. The Labute approximate surface area is 145 Å². The number of carbonyl (C=O) groups is 1. The van der Waals surface area contributed by atoms with Crippen LogP contribution in [0.2, 0.25) is 0 Å². The number of rotatable bonds is 7. The topological polar surface area (TPSA) is 55.8 Å². The van der Waals surface area contributed by atoms with Gasteiger partial charge in [-0.25, -0.2) is 0 Å². The normalized spacial score (nSPS) is 10.8. The van der Waals surface area contributed by atoms with Crippen molar-refractivity contribution in [3.63, 3.8) is 0 Å². The van der Waals surface area contributed by atoms with Gasteiger partial charge >= 0.3 is 0 Å². The molecule has 0 heterocycles. The summed E-state index contributed by atoms with van der Waals surface area (Å²) in [6.07, 6.45) is 5.13. The van der Waals surface area contributed by atoms with E-state index in [1.165, 1.54) is 0 Å². The van der Waals surface area contributed by atoms with Crippen LogP contribution in [0.4, 0.5) is 0 Å². The highest BCUT2D eigenvalue weighted by molar-refractivity contribution is 6.25. The summed E-state index contributed by atoms with van der Waals surface area (Å²) in [5, 5.41) is 9.22. The zero-order valence-corrected chi connectivity index (χ0v) is 13.5. The average molecular weight is 343 g/mol. The molecule has 0 amide bonds. The fourth-order valence-corrected chi connectivity index (χ4v) is 1.95. The molecule has 5 heteroatoms. The maximum atomic E-state index is 12.4. The van der Waals surface area contributed by atoms with Crippen LogP contribution < -0.4 is 9.47 Å². The lowest BCUT2D eigenvalue weighted by Gasteiger charge is -2.07. The Kier molecular flexibility index (Phi) is 6.30. The Balaban J connectivity index is 2.03. The van der Waals surface area contributed by atoms with Gasteiger partial charge in [0.05, 0.1) is 0 Å². The second-order valence-electron chi connectivity index (χ2n) is 4.76. The minimum atomic E-state index is -0.117. The minimum Gasteiger partial charge on any atom is -0.508 e. The molecule has 4 nitrogen and oxygen atoms in total. The third-order valence-corrected chi connectivity index (χ3v) is 3.32. The summed E-state index contributed by atoms with van der Waals surface area (Å²) in [6.45, 7) is 0.152. The van der Waals surface area contributed by atoms with E-state index in [0.717, 1.165) is 5.54 Å². The lowest BCUT2D eigenvalue weighted by Crippen LogP contribution is -2.03. The van der Waals surface area contributed by atoms with Crippen LogP contribution in [0.5, 0.6) is 11.5 Å². The fourth-order valence-electron chi connectivity index (χ4n) is 1.89. The molecule has 0 bridgehead atoms. The molecule has 0 spiro atoms. The van der Waals surface area contributed by atoms with E-state index in [1.54, 1.807) is 48.5 Å². The maximum Gasteiger partial charge on any atom is 0.193 e. The highest BCUT2D eigenvalue weighted by atomic mass is 35.5. The number of aliphatic hydroxyl groups excluding tert-OH is 1. The maximum absolute atomic E-state index is 12.4. The minimum absolute atomic E-state index is 0.0318. The summed E-state index contributed by atoms with van der Waals surface area (Å²) in [5.74, 6) is 3.32. The second kappa shape index (κ2) is 8.66. The van der Waals surface area contributed by atoms with E-state index in [0.29, 0.717) is 22.6 Å². The van der Waals surface area contributed by atoms with Crippen LogP contribution in [0.15, 0.2) is 59.8 Å². The zero-order chi connectivity index (χ0) is 17.4. The van der Waals surface area contributed by atoms with Crippen molar-refractivity contribution >= 4 is 17.4 Å². The van der Waals surface area contributed by atoms with Gasteiger partial charge < -0.3 is 14.6 Å². The van der Waals surface area contributed by atoms with Gasteiger partial charge in [0.1, 0.15) is 30.5 Å². The number of benzene rings is 2. The van der Waals surface area contributed by atoms with Gasteiger partial charge in [0, 0.05) is 16.7 Å². The predicted molar refractivity (Wildman–Crippen MR) is 92.7 cm³/mol. The summed E-state index contributed by atoms with van der Waals surface area (Å²) < 4.78 is 10.6. The van der Waals surface area contributed by atoms with E-state index >= 15 is 0 Å². The summed E-state index contributed by atoms with van der Waals surface area (Å²) in [4.78, 5) is 12.4. The number of hydrogen-bond acceptors (Lipinski definition) is 4. The molecule has 2 rings (SSSR count). The molecular weight excluding hydrogens is 328 g/mol. The van der Waals surface area contributed by atoms with Crippen molar-refractivity contribution in [3.05, 3.63) is 71.0 Å². The predicted octanol–water partition coefficient (Wildman–Crippen LogP) is 3.95. The highest BCUT2D eigenvalue weighted by Gasteiger charge is 2.09. The lowest BCUT2D eigenvalue weighted by molar-refractivity contribution is 0.103. The van der Waals surface area contributed by atoms with Crippen LogP contribution in [-0.4, -0.2) is 24.1 Å². The molecule has 0 saturated carbocycles. The van der Waals surface area contributed by atoms with Crippen molar-refractivity contribution in [2.75, 3.05) is 13.2 Å². The number of ether oxygens (including phenoxy) is 2. The molecule has 0 aliphatic heterocycles. The number of ketones is 1. The molecule has 2 aromatic rings. The lowest BCUT2D eigenvalue weighted by atomic mass is 10.0. The molecular formula is C19H15ClO4. The standard InChI is InChI=1S/C19H15ClO4/c1-2-11-23-17-7-3-14(4-8-17)19(22)15-5-9-18(10-6-15)24-13-16(21)12-20/h1,3-10,12,21H,11,13H2/b16-12-. The van der Waals surface area contributed by atoms with E-state index < -0.39 is 0 Å². The van der Waals surface area contributed by atoms with Gasteiger partial charge in [0.2, 0.25) is 0 Å². The molecule has 0 radical (unpaired) electrons. The number of hydrogen-bond donors (Lipinski definition) is 1. The monoisotopic (exact) mass is 342 g/mol. The molecule has 1 N–H and O–H groups in total. The smallest absolute Gasteiger partial charge is 0.193 e. The van der Waals surface area contributed by atoms with Crippen molar-refractivity contribution in [1.82, 2.24) is 0 Å². The van der Waals surface area contributed by atoms with E-state index in [2.05, 4.69) is 5.92 Å². The third-order valence-electron chi connectivity index (χ3n) is 3.07. The van der Waals surface area contributed by atoms with Gasteiger partial charge in [0.25, 0.3) is 0 Å². The van der Waals surface area contributed by atoms with Crippen molar-refractivity contribution < 1.29 is 19.4 Å². The van der Waals surface area contributed by atoms with Gasteiger partial charge in [-0.2, -0.15) is 0 Å². The summed E-state index contributed by atoms with van der Waals surface area (Å²) >= 11 is 5.34. The molecule has 0 aliphatic rings. The molecule has 24 heavy (non-hydrogen) atoms. The Morgan fingerprint density at radius 3 is 2.00 bits per heavy atom. The van der Waals surface area contributed by atoms with Gasteiger partial charge in [-0.15, -0.1) is 6.42 Å². The van der Waals surface area contributed by atoms with Gasteiger partial charge in [-0.05, 0) is 48.5 Å². The summed E-state index contributed by atoms with van der Waals surface area (Å²) in [7, 11) is 0. The zero-order valence-electron chi connectivity index (χ0n) is 12.7. The molecule has 122 valence electrons. The summed E-state index contributed by atoms with van der Waals surface area (Å²) in [6, 6.07) is 13.4. The van der Waals surface area contributed by atoms with E-state index in [-0.39, 0.29) is 24.8 Å². The SMILES string of the molecule is C#CCOc1ccc(C(=O)c2ccc(OC/C(O)=C/Cl)cc2)cc1. The first-order valence-electron chi connectivity index (χ1n) is 7.06. The Morgan fingerprint density at radius 2 is 1.54 bits per heavy atom.